The van der Waals surface area contributed by atoms with Gasteiger partial charge in [0.1, 0.15) is 65.5 Å². The Bertz CT molecular complexity index is 5440. The number of hydrogen-bond donors (Lipinski definition) is 3. The first kappa shape index (κ1) is 91.9. The molecule has 22 rings (SSSR count). The standard InChI is InChI=1S/C26H26N2O2.C21H23BrO3.C20H24O3.C19H21BrO2.C18H22O2.4CH4/c1-26-11-10-20-19-9-7-18(30)12-16(19)6-8-21(20)22(26)13-17(14-29)25(26)28-15-27-23-4-2-3-5-24(23)28;1-12(24)25-15-4-6-16-13(9-15)3-5-18-17(16)7-8-21(2)19(18)10-14(11-23)20(21)22;1-12(21)23-14-4-6-15-13(11-14)3-5-17-16(15)9-10-20(2)18(17)7-8-19(20)22;1-19-7-6-15-14-5-3-13(22)8-11(14)2-4-16(15)17(19)9-12(10-21)18(19)20;1-18-9-8-14-13-5-3-12(19)10-11(13)2-4-15(14)16(18)6-7-17(18)20;;;;/h2-5,7,9,12,14-15,20-22,30H,6,8,10-11,13H2,1H3;4,6,9,11,17-19H,3,5,7-8,10H2,1-2H3;4,6,11,16-18H,3,5,7-10H2,1-2H3;3,5,8,10,15-17,22H,2,4,6-7,9H2,1H3;3,5,10,14-16,19H,2,4,6-9H2,1H3;4*1H4/t20?,21?,22?,26-;17?,18?,19?,21-;16?,17?,18?,20-;15?,16?,17?,19-;14?,15?,16?,18-;;;;/m00000..../s1. The number of ketones is 2. The summed E-state index contributed by atoms with van der Waals surface area (Å²) in [6.45, 7) is 14.3. The van der Waals surface area contributed by atoms with Gasteiger partial charge in [-0.05, 0) is 378 Å². The van der Waals surface area contributed by atoms with E-state index in [0.717, 1.165) is 210 Å². The first-order valence-electron chi connectivity index (χ1n) is 45.1. The summed E-state index contributed by atoms with van der Waals surface area (Å²) in [4.78, 5) is 86.6. The number of esters is 2. The van der Waals surface area contributed by atoms with E-state index in [1.807, 2.05) is 85.2 Å². The van der Waals surface area contributed by atoms with E-state index in [1.54, 1.807) is 0 Å². The Morgan fingerprint density at radius 3 is 1.07 bits per heavy atom. The number of ether oxygens (including phenoxy) is 2. The topological polar surface area (TPSA) is 216 Å². The van der Waals surface area contributed by atoms with Crippen LogP contribution in [0.4, 0.5) is 0 Å². The van der Waals surface area contributed by atoms with Gasteiger partial charge in [-0.1, -0.05) is 139 Å². The molecule has 0 bridgehead atoms. The van der Waals surface area contributed by atoms with Crippen molar-refractivity contribution in [2.24, 2.45) is 86.3 Å². The molecule has 7 saturated carbocycles. The molecule has 15 unspecified atom stereocenters. The number of Topliss-reactive ketones (excluding diaryl/α,β-unsaturated/α-hetero) is 2. The SMILES string of the molecule is C.C.C.C.CC(=O)Oc1ccc2c(c1)CCC1C2CC[C@]2(C)C(=O)CCC12.CC(=O)Oc1ccc2c(c1)CCC1C2CC[C@]2(C)C(Br)=C(C=O)CC12.C[C@]12CCC3c4ccc(O)cc4CCC3C1CC(C=O)=C2Br.C[C@]12CCC3c4ccc(O)cc4CCC3C1CC(C=O)=C2n1cnc2ccccc21.C[C@]12CCC3c4ccc(O)cc4CCC3C1CCC2=O. The van der Waals surface area contributed by atoms with Crippen LogP contribution in [0.15, 0.2) is 147 Å². The van der Waals surface area contributed by atoms with Gasteiger partial charge in [0.2, 0.25) is 0 Å². The third kappa shape index (κ3) is 15.6. The fourth-order valence-corrected chi connectivity index (χ4v) is 30.2. The van der Waals surface area contributed by atoms with E-state index in [1.165, 1.54) is 94.4 Å². The van der Waals surface area contributed by atoms with Gasteiger partial charge in [0, 0.05) is 85.1 Å². The summed E-state index contributed by atoms with van der Waals surface area (Å²) in [6.07, 6.45) is 33.6. The van der Waals surface area contributed by atoms with E-state index < -0.39 is 0 Å². The van der Waals surface area contributed by atoms with Gasteiger partial charge in [0.25, 0.3) is 0 Å². The maximum atomic E-state index is 12.3. The van der Waals surface area contributed by atoms with Crippen LogP contribution in [0.3, 0.4) is 0 Å². The molecule has 1 heterocycles. The van der Waals surface area contributed by atoms with Crippen molar-refractivity contribution in [1.29, 1.82) is 0 Å². The second-order valence-corrected chi connectivity index (χ2v) is 41.5. The molecule has 0 saturated heterocycles. The number of aldehydes is 3. The van der Waals surface area contributed by atoms with Crippen LogP contribution >= 0.6 is 31.9 Å². The largest absolute Gasteiger partial charge is 0.508 e. The number of imidazole rings is 1. The van der Waals surface area contributed by atoms with Gasteiger partial charge in [0.05, 0.1) is 11.0 Å². The lowest BCUT2D eigenvalue weighted by Gasteiger charge is -2.50. The van der Waals surface area contributed by atoms with Crippen molar-refractivity contribution < 1.29 is 58.4 Å². The zero-order valence-corrected chi connectivity index (χ0v) is 73.9. The summed E-state index contributed by atoms with van der Waals surface area (Å²) >= 11 is 7.48. The molecule has 20 atom stereocenters. The number of allylic oxidation sites excluding steroid dienone is 6. The van der Waals surface area contributed by atoms with E-state index in [0.29, 0.717) is 129 Å². The van der Waals surface area contributed by atoms with Crippen LogP contribution in [0.25, 0.3) is 16.7 Å². The quantitative estimate of drug-likeness (QED) is 0.0803. The minimum Gasteiger partial charge on any atom is -0.508 e. The lowest BCUT2D eigenvalue weighted by molar-refractivity contribution is -0.132. The van der Waals surface area contributed by atoms with Crippen molar-refractivity contribution in [3.05, 3.63) is 203 Å². The number of aromatic nitrogens is 2. The summed E-state index contributed by atoms with van der Waals surface area (Å²) in [7, 11) is 0. The number of para-hydroxylation sites is 2. The minimum absolute atomic E-state index is 0. The molecule has 7 fully saturated rings. The van der Waals surface area contributed by atoms with Crippen LogP contribution in [0.1, 0.15) is 305 Å². The van der Waals surface area contributed by atoms with Crippen LogP contribution < -0.4 is 9.47 Å². The van der Waals surface area contributed by atoms with Crippen LogP contribution in [-0.4, -0.2) is 67.2 Å². The Kier molecular flexibility index (Phi) is 26.5. The van der Waals surface area contributed by atoms with Gasteiger partial charge in [-0.15, -0.1) is 0 Å². The number of aromatic hydroxyl groups is 3. The molecule has 0 aliphatic heterocycles. The van der Waals surface area contributed by atoms with E-state index in [2.05, 4.69) is 112 Å². The number of benzene rings is 6. The fourth-order valence-electron chi connectivity index (χ4n) is 28.7. The first-order chi connectivity index (χ1) is 57.7. The molecule has 14 nitrogen and oxygen atoms in total. The normalized spacial score (nSPS) is 33.3. The Labute approximate surface area is 752 Å². The molecule has 7 aromatic rings. The third-order valence-electron chi connectivity index (χ3n) is 34.5. The second kappa shape index (κ2) is 35.7. The Hall–Kier alpha value is -8.34. The van der Waals surface area contributed by atoms with Gasteiger partial charge in [-0.3, -0.25) is 33.6 Å². The lowest BCUT2D eigenvalue weighted by Crippen LogP contribution is -2.42. The zero-order valence-electron chi connectivity index (χ0n) is 70.7. The highest BCUT2D eigenvalue weighted by atomic mass is 79.9. The predicted octanol–water partition coefficient (Wildman–Crippen LogP) is 25.3. The number of phenolic OH excluding ortho intramolecular Hbond substituents is 3. The highest BCUT2D eigenvalue weighted by molar-refractivity contribution is 9.12. The van der Waals surface area contributed by atoms with E-state index >= 15 is 0 Å². The van der Waals surface area contributed by atoms with Crippen molar-refractivity contribution >= 4 is 91.0 Å². The third-order valence-corrected chi connectivity index (χ3v) is 37.3. The number of aryl methyl sites for hydroxylation is 5. The lowest BCUT2D eigenvalue weighted by atomic mass is 9.55. The predicted molar refractivity (Wildman–Crippen MR) is 499 cm³/mol. The zero-order chi connectivity index (χ0) is 83.8. The first-order valence-corrected chi connectivity index (χ1v) is 46.7. The number of rotatable bonds is 6. The van der Waals surface area contributed by atoms with Crippen LogP contribution in [0.2, 0.25) is 0 Å². The van der Waals surface area contributed by atoms with Gasteiger partial charge in [0.15, 0.2) is 0 Å². The van der Waals surface area contributed by atoms with Gasteiger partial charge in [-0.2, -0.15) is 0 Å². The number of carbonyl (C=O) groups excluding carboxylic acids is 7. The van der Waals surface area contributed by atoms with Crippen molar-refractivity contribution in [1.82, 2.24) is 9.55 Å². The van der Waals surface area contributed by atoms with Crippen molar-refractivity contribution in [2.75, 3.05) is 0 Å². The van der Waals surface area contributed by atoms with Crippen LogP contribution in [-0.2, 0) is 65.7 Å². The summed E-state index contributed by atoms with van der Waals surface area (Å²) in [5.41, 5.74) is 20.0. The van der Waals surface area contributed by atoms with Crippen LogP contribution in [0, 0.1) is 86.3 Å². The van der Waals surface area contributed by atoms with Crippen molar-refractivity contribution in [3.63, 3.8) is 0 Å². The highest BCUT2D eigenvalue weighted by Gasteiger charge is 2.60. The number of phenols is 3. The Balaban J connectivity index is 0.000000126. The van der Waals surface area contributed by atoms with Crippen molar-refractivity contribution in [2.45, 2.75) is 281 Å². The maximum Gasteiger partial charge on any atom is 0.308 e. The number of nitrogens with zero attached hydrogens (tertiary/aromatic N) is 2. The number of halogens is 2. The molecule has 0 amide bonds. The van der Waals surface area contributed by atoms with Gasteiger partial charge < -0.3 is 29.4 Å². The molecule has 124 heavy (non-hydrogen) atoms. The average molecular weight is 1810 g/mol. The van der Waals surface area contributed by atoms with E-state index in [4.69, 9.17) is 9.47 Å². The summed E-state index contributed by atoms with van der Waals surface area (Å²) < 4.78 is 15.0. The molecule has 6 aromatic carbocycles. The monoisotopic (exact) mass is 1810 g/mol. The molecule has 1 aromatic heterocycles. The Morgan fingerprint density at radius 1 is 0.395 bits per heavy atom. The van der Waals surface area contributed by atoms with Gasteiger partial charge >= 0.3 is 11.9 Å². The van der Waals surface area contributed by atoms with Crippen molar-refractivity contribution in [3.8, 4) is 28.7 Å². The highest BCUT2D eigenvalue weighted by Crippen LogP contribution is 2.69. The number of hydrogen-bond acceptors (Lipinski definition) is 13. The van der Waals surface area contributed by atoms with Crippen LogP contribution in [0.5, 0.6) is 28.7 Å². The summed E-state index contributed by atoms with van der Waals surface area (Å²) in [5.74, 6) is 11.7. The van der Waals surface area contributed by atoms with Gasteiger partial charge in [-0.25, -0.2) is 4.98 Å². The van der Waals surface area contributed by atoms with E-state index in [9.17, 15) is 48.9 Å². The second-order valence-electron chi connectivity index (χ2n) is 40.0. The molecule has 15 aliphatic carbocycles. The summed E-state index contributed by atoms with van der Waals surface area (Å²) in [6, 6.07) is 38.2. The molecular weight excluding hydrogens is 1680 g/mol. The fraction of sp³-hybridized carbons (Fsp3) is 0.537. The molecule has 0 radical (unpaired) electrons. The molecule has 3 N–H and O–H groups in total. The number of carbonyl (C=O) groups is 7. The van der Waals surface area contributed by atoms with E-state index in [-0.39, 0.29) is 68.7 Å². The molecule has 16 heteroatoms. The number of fused-ring (bicyclic) bond motifs is 26. The molecular formula is C108H132Br2N2O12. The summed E-state index contributed by atoms with van der Waals surface area (Å²) in [5, 5.41) is 29.3. The Morgan fingerprint density at radius 2 is 0.710 bits per heavy atom. The maximum absolute atomic E-state index is 12.3. The average Bonchev–Trinajstić information content (AvgIpc) is 1.53. The molecule has 660 valence electrons. The minimum atomic E-state index is -0.273. The molecule has 0 spiro atoms. The molecule has 15 aliphatic rings. The smallest absolute Gasteiger partial charge is 0.308 e.